The molecule has 0 saturated carbocycles. The van der Waals surface area contributed by atoms with Gasteiger partial charge in [0.25, 0.3) is 5.91 Å². The van der Waals surface area contributed by atoms with Crippen molar-refractivity contribution >= 4 is 17.8 Å². The Balaban J connectivity index is 2.20. The number of benzene rings is 1. The van der Waals surface area contributed by atoms with Gasteiger partial charge in [-0.3, -0.25) is 14.4 Å². The molecule has 1 aromatic carbocycles. The van der Waals surface area contributed by atoms with Crippen LogP contribution in [0.2, 0.25) is 0 Å². The first kappa shape index (κ1) is 19.7. The smallest absolute Gasteiger partial charge is 0.306 e. The molecule has 0 spiro atoms. The van der Waals surface area contributed by atoms with Gasteiger partial charge in [0.05, 0.1) is 6.54 Å². The van der Waals surface area contributed by atoms with E-state index in [1.807, 2.05) is 38.1 Å². The van der Waals surface area contributed by atoms with Crippen LogP contribution in [0.4, 0.5) is 0 Å². The summed E-state index contributed by atoms with van der Waals surface area (Å²) in [7, 11) is 0. The summed E-state index contributed by atoms with van der Waals surface area (Å²) in [6.45, 7) is 5.25. The molecule has 0 aliphatic carbocycles. The molecule has 6 heteroatoms. The van der Waals surface area contributed by atoms with E-state index >= 15 is 0 Å². The number of rotatable bonds is 9. The lowest BCUT2D eigenvalue weighted by Gasteiger charge is -2.09. The van der Waals surface area contributed by atoms with Crippen LogP contribution in [0.5, 0.6) is 0 Å². The van der Waals surface area contributed by atoms with Crippen LogP contribution in [0.15, 0.2) is 24.3 Å². The molecule has 24 heavy (non-hydrogen) atoms. The van der Waals surface area contributed by atoms with E-state index in [4.69, 9.17) is 4.74 Å². The molecule has 0 unspecified atom stereocenters. The quantitative estimate of drug-likeness (QED) is 0.668. The zero-order valence-corrected chi connectivity index (χ0v) is 14.6. The molecule has 0 heterocycles. The van der Waals surface area contributed by atoms with Gasteiger partial charge in [0, 0.05) is 12.5 Å². The van der Waals surface area contributed by atoms with Crippen LogP contribution in [-0.4, -0.2) is 37.0 Å². The molecule has 2 N–H and O–H groups in total. The number of carbonyl (C=O) groups is 3. The molecule has 0 saturated heterocycles. The maximum absolute atomic E-state index is 11.6. The molecule has 0 fully saturated rings. The van der Waals surface area contributed by atoms with Gasteiger partial charge in [-0.05, 0) is 37.8 Å². The van der Waals surface area contributed by atoms with Crippen LogP contribution in [-0.2, 0) is 32.0 Å². The minimum Gasteiger partial charge on any atom is -0.456 e. The molecular formula is C18H26N2O4. The summed E-state index contributed by atoms with van der Waals surface area (Å²) in [4.78, 5) is 34.5. The number of esters is 1. The van der Waals surface area contributed by atoms with Gasteiger partial charge in [-0.2, -0.15) is 0 Å². The molecule has 0 radical (unpaired) electrons. The maximum atomic E-state index is 11.6. The highest BCUT2D eigenvalue weighted by atomic mass is 16.5. The first-order valence-corrected chi connectivity index (χ1v) is 8.20. The van der Waals surface area contributed by atoms with Crippen LogP contribution in [0.1, 0.15) is 38.3 Å². The summed E-state index contributed by atoms with van der Waals surface area (Å²) in [5.74, 6) is -1.20. The molecular weight excluding hydrogens is 308 g/mol. The fourth-order valence-electron chi connectivity index (χ4n) is 2.01. The first-order chi connectivity index (χ1) is 11.4. The molecule has 0 aliphatic rings. The van der Waals surface area contributed by atoms with Gasteiger partial charge in [-0.25, -0.2) is 0 Å². The molecule has 0 atom stereocenters. The summed E-state index contributed by atoms with van der Waals surface area (Å²) < 4.78 is 4.90. The normalized spacial score (nSPS) is 10.3. The largest absolute Gasteiger partial charge is 0.456 e. The highest BCUT2D eigenvalue weighted by Crippen LogP contribution is 2.07. The zero-order chi connectivity index (χ0) is 17.9. The van der Waals surface area contributed by atoms with Crippen LogP contribution < -0.4 is 10.6 Å². The Labute approximate surface area is 143 Å². The SMILES string of the molecule is CCc1ccc(CCC(=O)OCC(=O)NCC(=O)NC(C)C)cc1. The molecule has 1 aromatic rings. The van der Waals surface area contributed by atoms with Crippen molar-refractivity contribution in [3.8, 4) is 0 Å². The predicted octanol–water partition coefficient (Wildman–Crippen LogP) is 1.37. The van der Waals surface area contributed by atoms with Crippen molar-refractivity contribution in [3.05, 3.63) is 35.4 Å². The van der Waals surface area contributed by atoms with Gasteiger partial charge in [0.1, 0.15) is 0 Å². The Morgan fingerprint density at radius 2 is 1.67 bits per heavy atom. The summed E-state index contributed by atoms with van der Waals surface area (Å²) in [5.41, 5.74) is 2.30. The molecule has 132 valence electrons. The van der Waals surface area contributed by atoms with E-state index in [9.17, 15) is 14.4 Å². The molecule has 1 rings (SSSR count). The van der Waals surface area contributed by atoms with Crippen molar-refractivity contribution in [1.82, 2.24) is 10.6 Å². The van der Waals surface area contributed by atoms with Gasteiger partial charge in [0.2, 0.25) is 5.91 Å². The lowest BCUT2D eigenvalue weighted by atomic mass is 10.1. The van der Waals surface area contributed by atoms with Crippen LogP contribution in [0.3, 0.4) is 0 Å². The zero-order valence-electron chi connectivity index (χ0n) is 14.6. The Hall–Kier alpha value is -2.37. The van der Waals surface area contributed by atoms with E-state index in [1.165, 1.54) is 5.56 Å². The van der Waals surface area contributed by atoms with Crippen molar-refractivity contribution in [2.45, 2.75) is 46.1 Å². The number of aryl methyl sites for hydroxylation is 2. The fourth-order valence-corrected chi connectivity index (χ4v) is 2.01. The van der Waals surface area contributed by atoms with Gasteiger partial charge in [-0.15, -0.1) is 0 Å². The van der Waals surface area contributed by atoms with E-state index < -0.39 is 11.9 Å². The monoisotopic (exact) mass is 334 g/mol. The average molecular weight is 334 g/mol. The van der Waals surface area contributed by atoms with Crippen LogP contribution >= 0.6 is 0 Å². The van der Waals surface area contributed by atoms with Crippen LogP contribution in [0, 0.1) is 0 Å². The highest BCUT2D eigenvalue weighted by Gasteiger charge is 2.10. The lowest BCUT2D eigenvalue weighted by molar-refractivity contribution is -0.148. The Kier molecular flexibility index (Phi) is 8.54. The topological polar surface area (TPSA) is 84.5 Å². The highest BCUT2D eigenvalue weighted by molar-refractivity contribution is 5.86. The third-order valence-corrected chi connectivity index (χ3v) is 3.31. The molecule has 0 aromatic heterocycles. The molecule has 0 bridgehead atoms. The summed E-state index contributed by atoms with van der Waals surface area (Å²) in [5, 5.41) is 5.05. The number of amides is 2. The number of hydrogen-bond acceptors (Lipinski definition) is 4. The number of nitrogens with one attached hydrogen (secondary N) is 2. The standard InChI is InChI=1S/C18H26N2O4/c1-4-14-5-7-15(8-6-14)9-10-18(23)24-12-17(22)19-11-16(21)20-13(2)3/h5-8,13H,4,9-12H2,1-3H3,(H,19,22)(H,20,21). The van der Waals surface area contributed by atoms with E-state index in [1.54, 1.807) is 0 Å². The average Bonchev–Trinajstić information content (AvgIpc) is 2.56. The van der Waals surface area contributed by atoms with Crippen molar-refractivity contribution in [3.63, 3.8) is 0 Å². The minimum atomic E-state index is -0.491. The Morgan fingerprint density at radius 1 is 1.04 bits per heavy atom. The molecule has 2 amide bonds. The second kappa shape index (κ2) is 10.4. The van der Waals surface area contributed by atoms with E-state index in [0.29, 0.717) is 6.42 Å². The van der Waals surface area contributed by atoms with Crippen molar-refractivity contribution < 1.29 is 19.1 Å². The number of carbonyl (C=O) groups excluding carboxylic acids is 3. The number of hydrogen-bond donors (Lipinski definition) is 2. The second-order valence-electron chi connectivity index (χ2n) is 5.83. The first-order valence-electron chi connectivity index (χ1n) is 8.20. The Morgan fingerprint density at radius 3 is 2.25 bits per heavy atom. The van der Waals surface area contributed by atoms with E-state index in [-0.39, 0.29) is 31.5 Å². The maximum Gasteiger partial charge on any atom is 0.306 e. The summed E-state index contributed by atoms with van der Waals surface area (Å²) in [6, 6.07) is 8.07. The predicted molar refractivity (Wildman–Crippen MR) is 91.4 cm³/mol. The molecule has 6 nitrogen and oxygen atoms in total. The van der Waals surface area contributed by atoms with Gasteiger partial charge in [-0.1, -0.05) is 31.2 Å². The molecule has 0 aliphatic heterocycles. The fraction of sp³-hybridized carbons (Fsp3) is 0.500. The third kappa shape index (κ3) is 8.31. The number of ether oxygens (including phenoxy) is 1. The Bertz CT molecular complexity index is 553. The van der Waals surface area contributed by atoms with E-state index in [2.05, 4.69) is 17.6 Å². The summed E-state index contributed by atoms with van der Waals surface area (Å²) >= 11 is 0. The van der Waals surface area contributed by atoms with Crippen molar-refractivity contribution in [2.75, 3.05) is 13.2 Å². The van der Waals surface area contributed by atoms with Crippen molar-refractivity contribution in [2.24, 2.45) is 0 Å². The minimum absolute atomic E-state index is 0.0126. The van der Waals surface area contributed by atoms with Gasteiger partial charge in [0.15, 0.2) is 6.61 Å². The van der Waals surface area contributed by atoms with Gasteiger partial charge >= 0.3 is 5.97 Å². The summed E-state index contributed by atoms with van der Waals surface area (Å²) in [6.07, 6.45) is 1.76. The second-order valence-corrected chi connectivity index (χ2v) is 5.83. The van der Waals surface area contributed by atoms with Crippen LogP contribution in [0.25, 0.3) is 0 Å². The van der Waals surface area contributed by atoms with Gasteiger partial charge < -0.3 is 15.4 Å². The lowest BCUT2D eigenvalue weighted by Crippen LogP contribution is -2.41. The third-order valence-electron chi connectivity index (χ3n) is 3.31. The van der Waals surface area contributed by atoms with Crippen molar-refractivity contribution in [1.29, 1.82) is 0 Å². The van der Waals surface area contributed by atoms with E-state index in [0.717, 1.165) is 12.0 Å².